The average molecular weight is 476 g/mol. The van der Waals surface area contributed by atoms with Gasteiger partial charge in [0.25, 0.3) is 5.91 Å². The second kappa shape index (κ2) is 8.27. The molecule has 2 heterocycles. The fourth-order valence-corrected chi connectivity index (χ4v) is 5.55. The number of aryl methyl sites for hydroxylation is 1. The average Bonchev–Trinajstić information content (AvgIpc) is 3.21. The number of nitrogens with zero attached hydrogens (tertiary/aromatic N) is 1. The van der Waals surface area contributed by atoms with Crippen LogP contribution in [0.2, 0.25) is 5.02 Å². The van der Waals surface area contributed by atoms with E-state index in [-0.39, 0.29) is 17.0 Å². The van der Waals surface area contributed by atoms with Gasteiger partial charge in [-0.1, -0.05) is 37.6 Å². The van der Waals surface area contributed by atoms with E-state index in [2.05, 4.69) is 53.9 Å². The van der Waals surface area contributed by atoms with E-state index in [0.29, 0.717) is 10.7 Å². The maximum atomic E-state index is 12.8. The molecule has 4 rings (SSSR count). The minimum atomic E-state index is -3.70. The van der Waals surface area contributed by atoms with Gasteiger partial charge in [0.2, 0.25) is 10.0 Å². The number of carbonyl (C=O) groups excluding carboxylic acids is 1. The number of anilines is 2. The Hall–Kier alpha value is -2.25. The van der Waals surface area contributed by atoms with Gasteiger partial charge in [0.15, 0.2) is 0 Å². The summed E-state index contributed by atoms with van der Waals surface area (Å²) < 4.78 is 25.4. The lowest BCUT2D eigenvalue weighted by Gasteiger charge is -2.40. The van der Waals surface area contributed by atoms with Crippen LogP contribution < -0.4 is 14.9 Å². The zero-order chi connectivity index (χ0) is 23.3. The standard InChI is InChI=1S/C24H30ClN3O3S/c1-15-7-8-16(11-21(15)28-9-5-6-10-28)20-14-24(2,3)19-13-17(25)12-18(22(19)26-20)23(29)27-32(4,30)31/h7-8,11-13,20,26H,5-6,9-10,14H2,1-4H3,(H,27,29). The van der Waals surface area contributed by atoms with E-state index in [1.54, 1.807) is 0 Å². The largest absolute Gasteiger partial charge is 0.377 e. The minimum Gasteiger partial charge on any atom is -0.377 e. The summed E-state index contributed by atoms with van der Waals surface area (Å²) >= 11 is 6.33. The Bertz CT molecular complexity index is 1170. The van der Waals surface area contributed by atoms with Crippen LogP contribution in [0.4, 0.5) is 11.4 Å². The maximum absolute atomic E-state index is 12.8. The normalized spacial score (nSPS) is 19.9. The van der Waals surface area contributed by atoms with Crippen LogP contribution in [0.25, 0.3) is 0 Å². The van der Waals surface area contributed by atoms with Crippen molar-refractivity contribution in [3.63, 3.8) is 0 Å². The van der Waals surface area contributed by atoms with E-state index in [9.17, 15) is 13.2 Å². The van der Waals surface area contributed by atoms with Gasteiger partial charge in [0.1, 0.15) is 0 Å². The Morgan fingerprint density at radius 1 is 1.19 bits per heavy atom. The molecule has 0 saturated carbocycles. The number of sulfonamides is 1. The second-order valence-electron chi connectivity index (χ2n) is 9.60. The number of rotatable bonds is 4. The van der Waals surface area contributed by atoms with E-state index in [0.717, 1.165) is 36.9 Å². The van der Waals surface area contributed by atoms with E-state index >= 15 is 0 Å². The molecule has 2 aromatic rings. The molecular weight excluding hydrogens is 446 g/mol. The smallest absolute Gasteiger partial charge is 0.266 e. The molecule has 0 spiro atoms. The highest BCUT2D eigenvalue weighted by atomic mass is 35.5. The van der Waals surface area contributed by atoms with E-state index in [1.807, 2.05) is 6.07 Å². The molecule has 172 valence electrons. The predicted molar refractivity (Wildman–Crippen MR) is 130 cm³/mol. The van der Waals surface area contributed by atoms with Crippen LogP contribution >= 0.6 is 11.6 Å². The van der Waals surface area contributed by atoms with Crippen LogP contribution in [0.1, 0.15) is 66.2 Å². The topological polar surface area (TPSA) is 78.5 Å². The molecule has 6 nitrogen and oxygen atoms in total. The molecule has 1 unspecified atom stereocenters. The van der Waals surface area contributed by atoms with Crippen LogP contribution in [0.5, 0.6) is 0 Å². The van der Waals surface area contributed by atoms with Crippen LogP contribution in [0, 0.1) is 6.92 Å². The zero-order valence-corrected chi connectivity index (χ0v) is 20.5. The molecule has 0 radical (unpaired) electrons. The van der Waals surface area contributed by atoms with Crippen molar-refractivity contribution in [2.75, 3.05) is 29.6 Å². The third-order valence-electron chi connectivity index (χ3n) is 6.47. The Morgan fingerprint density at radius 2 is 1.88 bits per heavy atom. The number of fused-ring (bicyclic) bond motifs is 1. The third kappa shape index (κ3) is 4.59. The molecule has 8 heteroatoms. The van der Waals surface area contributed by atoms with Gasteiger partial charge in [0.05, 0.1) is 23.5 Å². The van der Waals surface area contributed by atoms with Crippen LogP contribution in [0.3, 0.4) is 0 Å². The molecule has 32 heavy (non-hydrogen) atoms. The summed E-state index contributed by atoms with van der Waals surface area (Å²) in [6.45, 7) is 8.55. The molecule has 2 aliphatic heterocycles. The summed E-state index contributed by atoms with van der Waals surface area (Å²) in [5.41, 5.74) is 5.19. The van der Waals surface area contributed by atoms with Crippen molar-refractivity contribution in [2.24, 2.45) is 0 Å². The molecule has 1 fully saturated rings. The molecule has 0 aliphatic carbocycles. The molecular formula is C24H30ClN3O3S. The highest BCUT2D eigenvalue weighted by Gasteiger charge is 2.36. The maximum Gasteiger partial charge on any atom is 0.266 e. The van der Waals surface area contributed by atoms with Crippen molar-refractivity contribution in [3.8, 4) is 0 Å². The first-order chi connectivity index (χ1) is 14.9. The molecule has 0 aromatic heterocycles. The van der Waals surface area contributed by atoms with Crippen molar-refractivity contribution in [3.05, 3.63) is 57.6 Å². The van der Waals surface area contributed by atoms with E-state index in [1.165, 1.54) is 30.2 Å². The Balaban J connectivity index is 1.76. The van der Waals surface area contributed by atoms with Gasteiger partial charge in [-0.05, 0) is 66.5 Å². The first-order valence-corrected chi connectivity index (χ1v) is 13.2. The summed E-state index contributed by atoms with van der Waals surface area (Å²) in [6, 6.07) is 9.92. The molecule has 1 atom stereocenters. The van der Waals surface area contributed by atoms with Gasteiger partial charge in [0, 0.05) is 23.8 Å². The molecule has 1 amide bonds. The van der Waals surface area contributed by atoms with Crippen molar-refractivity contribution < 1.29 is 13.2 Å². The molecule has 1 saturated heterocycles. The van der Waals surface area contributed by atoms with E-state index in [4.69, 9.17) is 11.6 Å². The first-order valence-electron chi connectivity index (χ1n) is 10.9. The molecule has 2 aliphatic rings. The van der Waals surface area contributed by atoms with Crippen molar-refractivity contribution in [2.45, 2.75) is 51.5 Å². The lowest BCUT2D eigenvalue weighted by atomic mass is 9.73. The van der Waals surface area contributed by atoms with Gasteiger partial charge in [-0.2, -0.15) is 0 Å². The number of benzene rings is 2. The second-order valence-corrected chi connectivity index (χ2v) is 11.8. The summed E-state index contributed by atoms with van der Waals surface area (Å²) in [5.74, 6) is -0.683. The molecule has 2 aromatic carbocycles. The monoisotopic (exact) mass is 475 g/mol. The fourth-order valence-electron chi connectivity index (χ4n) is 4.89. The first kappa shape index (κ1) is 22.9. The minimum absolute atomic E-state index is 0.0228. The lowest BCUT2D eigenvalue weighted by molar-refractivity contribution is 0.0982. The highest BCUT2D eigenvalue weighted by molar-refractivity contribution is 7.89. The quantitative estimate of drug-likeness (QED) is 0.665. The Morgan fingerprint density at radius 3 is 2.53 bits per heavy atom. The summed E-state index contributed by atoms with van der Waals surface area (Å²) in [5, 5.41) is 3.94. The van der Waals surface area contributed by atoms with Crippen molar-refractivity contribution >= 4 is 38.9 Å². The number of nitrogens with one attached hydrogen (secondary N) is 2. The van der Waals surface area contributed by atoms with Crippen LogP contribution in [0.15, 0.2) is 30.3 Å². The number of hydrogen-bond acceptors (Lipinski definition) is 5. The lowest BCUT2D eigenvalue weighted by Crippen LogP contribution is -2.35. The number of halogens is 1. The van der Waals surface area contributed by atoms with Crippen LogP contribution in [-0.2, 0) is 15.4 Å². The molecule has 2 N–H and O–H groups in total. The summed E-state index contributed by atoms with van der Waals surface area (Å²) in [4.78, 5) is 15.3. The predicted octanol–water partition coefficient (Wildman–Crippen LogP) is 4.77. The number of hydrogen-bond donors (Lipinski definition) is 2. The van der Waals surface area contributed by atoms with Gasteiger partial charge >= 0.3 is 0 Å². The highest BCUT2D eigenvalue weighted by Crippen LogP contribution is 2.47. The fraction of sp³-hybridized carbons (Fsp3) is 0.458. The van der Waals surface area contributed by atoms with Gasteiger partial charge < -0.3 is 10.2 Å². The number of carbonyl (C=O) groups is 1. The SMILES string of the molecule is Cc1ccc(C2CC(C)(C)c3cc(Cl)cc(C(=O)NS(C)(=O)=O)c3N2)cc1N1CCCC1. The van der Waals surface area contributed by atoms with Gasteiger partial charge in [-0.25, -0.2) is 13.1 Å². The Labute approximate surface area is 195 Å². The van der Waals surface area contributed by atoms with Gasteiger partial charge in [-0.15, -0.1) is 0 Å². The summed E-state index contributed by atoms with van der Waals surface area (Å²) in [7, 11) is -3.70. The third-order valence-corrected chi connectivity index (χ3v) is 7.24. The van der Waals surface area contributed by atoms with Crippen molar-refractivity contribution in [1.29, 1.82) is 0 Å². The molecule has 0 bridgehead atoms. The Kier molecular flexibility index (Phi) is 5.92. The van der Waals surface area contributed by atoms with Gasteiger partial charge in [-0.3, -0.25) is 4.79 Å². The number of amides is 1. The summed E-state index contributed by atoms with van der Waals surface area (Å²) in [6.07, 6.45) is 4.21. The van der Waals surface area contributed by atoms with E-state index < -0.39 is 15.9 Å². The van der Waals surface area contributed by atoms with Crippen molar-refractivity contribution in [1.82, 2.24) is 4.72 Å². The van der Waals surface area contributed by atoms with Crippen LogP contribution in [-0.4, -0.2) is 33.7 Å². The zero-order valence-electron chi connectivity index (χ0n) is 19.0.